The Kier molecular flexibility index (Phi) is 6.11. The SMILES string of the molecule is CC(C)Oc1ccc(C(=O)N2CC[C@](O)(c3ccccc3)[C@H](N3CCCC3)C2)cc1. The average molecular weight is 409 g/mol. The second-order valence-electron chi connectivity index (χ2n) is 8.74. The largest absolute Gasteiger partial charge is 0.491 e. The number of nitrogens with zero attached hydrogens (tertiary/aromatic N) is 2. The van der Waals surface area contributed by atoms with Gasteiger partial charge in [0.1, 0.15) is 11.4 Å². The third-order valence-electron chi connectivity index (χ3n) is 6.32. The van der Waals surface area contributed by atoms with Crippen LogP contribution in [-0.2, 0) is 5.60 Å². The number of amides is 1. The van der Waals surface area contributed by atoms with Gasteiger partial charge in [0.15, 0.2) is 0 Å². The van der Waals surface area contributed by atoms with E-state index < -0.39 is 5.60 Å². The maximum Gasteiger partial charge on any atom is 0.253 e. The van der Waals surface area contributed by atoms with Crippen molar-refractivity contribution in [2.75, 3.05) is 26.2 Å². The molecule has 30 heavy (non-hydrogen) atoms. The molecule has 2 atom stereocenters. The van der Waals surface area contributed by atoms with Crippen molar-refractivity contribution in [3.05, 3.63) is 65.7 Å². The molecule has 0 spiro atoms. The predicted molar refractivity (Wildman–Crippen MR) is 118 cm³/mol. The molecule has 0 saturated carbocycles. The van der Waals surface area contributed by atoms with E-state index in [-0.39, 0.29) is 18.1 Å². The molecule has 2 aliphatic heterocycles. The first-order chi connectivity index (χ1) is 14.5. The molecule has 2 heterocycles. The standard InChI is InChI=1S/C25H32N2O3/c1-19(2)30-22-12-10-20(11-13-22)24(28)27-17-14-25(29,21-8-4-3-5-9-21)23(18-27)26-15-6-7-16-26/h3-5,8-13,19,23,29H,6-7,14-18H2,1-2H3/t23-,25+/m1/s1. The van der Waals surface area contributed by atoms with Gasteiger partial charge in [0.05, 0.1) is 12.1 Å². The first kappa shape index (κ1) is 20.9. The molecule has 2 aromatic carbocycles. The Morgan fingerprint density at radius 2 is 1.70 bits per heavy atom. The van der Waals surface area contributed by atoms with Gasteiger partial charge in [0, 0.05) is 18.7 Å². The molecule has 160 valence electrons. The van der Waals surface area contributed by atoms with E-state index in [0.29, 0.717) is 25.1 Å². The number of aliphatic hydroxyl groups is 1. The van der Waals surface area contributed by atoms with Crippen molar-refractivity contribution in [1.82, 2.24) is 9.80 Å². The van der Waals surface area contributed by atoms with Gasteiger partial charge in [-0.05, 0) is 76.0 Å². The first-order valence-corrected chi connectivity index (χ1v) is 11.1. The molecule has 2 aromatic rings. The summed E-state index contributed by atoms with van der Waals surface area (Å²) < 4.78 is 5.69. The van der Waals surface area contributed by atoms with E-state index in [1.165, 1.54) is 0 Å². The van der Waals surface area contributed by atoms with Crippen LogP contribution in [-0.4, -0.2) is 59.1 Å². The Morgan fingerprint density at radius 3 is 2.33 bits per heavy atom. The summed E-state index contributed by atoms with van der Waals surface area (Å²) >= 11 is 0. The molecule has 1 N–H and O–H groups in total. The van der Waals surface area contributed by atoms with Gasteiger partial charge in [0.25, 0.3) is 5.91 Å². The van der Waals surface area contributed by atoms with Crippen molar-refractivity contribution in [3.63, 3.8) is 0 Å². The van der Waals surface area contributed by atoms with Crippen LogP contribution in [0.1, 0.15) is 49.0 Å². The van der Waals surface area contributed by atoms with Crippen molar-refractivity contribution in [1.29, 1.82) is 0 Å². The number of carbonyl (C=O) groups is 1. The Morgan fingerprint density at radius 1 is 1.03 bits per heavy atom. The van der Waals surface area contributed by atoms with Gasteiger partial charge < -0.3 is 14.7 Å². The van der Waals surface area contributed by atoms with Gasteiger partial charge in [0.2, 0.25) is 0 Å². The van der Waals surface area contributed by atoms with Crippen molar-refractivity contribution in [3.8, 4) is 5.75 Å². The van der Waals surface area contributed by atoms with E-state index in [1.54, 1.807) is 0 Å². The van der Waals surface area contributed by atoms with Crippen LogP contribution in [0.3, 0.4) is 0 Å². The molecule has 4 rings (SSSR count). The van der Waals surface area contributed by atoms with Crippen LogP contribution in [0, 0.1) is 0 Å². The molecular weight excluding hydrogens is 376 g/mol. The zero-order valence-electron chi connectivity index (χ0n) is 18.0. The summed E-state index contributed by atoms with van der Waals surface area (Å²) in [5.74, 6) is 0.791. The van der Waals surface area contributed by atoms with Gasteiger partial charge in [-0.15, -0.1) is 0 Å². The van der Waals surface area contributed by atoms with Gasteiger partial charge in [-0.3, -0.25) is 9.69 Å². The summed E-state index contributed by atoms with van der Waals surface area (Å²) in [4.78, 5) is 17.5. The van der Waals surface area contributed by atoms with Gasteiger partial charge in [-0.25, -0.2) is 0 Å². The second-order valence-corrected chi connectivity index (χ2v) is 8.74. The number of hydrogen-bond acceptors (Lipinski definition) is 4. The molecule has 0 aromatic heterocycles. The summed E-state index contributed by atoms with van der Waals surface area (Å²) in [6.07, 6.45) is 2.93. The highest BCUT2D eigenvalue weighted by Crippen LogP contribution is 2.37. The summed E-state index contributed by atoms with van der Waals surface area (Å²) in [5, 5.41) is 11.8. The third-order valence-corrected chi connectivity index (χ3v) is 6.32. The average Bonchev–Trinajstić information content (AvgIpc) is 3.29. The van der Waals surface area contributed by atoms with Gasteiger partial charge >= 0.3 is 0 Å². The zero-order chi connectivity index (χ0) is 21.1. The highest BCUT2D eigenvalue weighted by atomic mass is 16.5. The lowest BCUT2D eigenvalue weighted by molar-refractivity contribution is -0.0878. The lowest BCUT2D eigenvalue weighted by Gasteiger charge is -2.48. The fraction of sp³-hybridized carbons (Fsp3) is 0.480. The molecule has 0 bridgehead atoms. The van der Waals surface area contributed by atoms with E-state index in [0.717, 1.165) is 37.2 Å². The van der Waals surface area contributed by atoms with Crippen LogP contribution in [0.15, 0.2) is 54.6 Å². The minimum Gasteiger partial charge on any atom is -0.491 e. The fourth-order valence-corrected chi connectivity index (χ4v) is 4.77. The Bertz CT molecular complexity index is 846. The maximum absolute atomic E-state index is 13.2. The molecular formula is C25H32N2O3. The van der Waals surface area contributed by atoms with E-state index in [1.807, 2.05) is 73.3 Å². The monoisotopic (exact) mass is 408 g/mol. The van der Waals surface area contributed by atoms with Gasteiger partial charge in [-0.2, -0.15) is 0 Å². The van der Waals surface area contributed by atoms with Crippen molar-refractivity contribution in [2.45, 2.75) is 50.9 Å². The van der Waals surface area contributed by atoms with Crippen LogP contribution in [0.25, 0.3) is 0 Å². The van der Waals surface area contributed by atoms with Crippen LogP contribution < -0.4 is 4.74 Å². The first-order valence-electron chi connectivity index (χ1n) is 11.1. The van der Waals surface area contributed by atoms with E-state index in [4.69, 9.17) is 4.74 Å². The number of likely N-dealkylation sites (tertiary alicyclic amines) is 2. The summed E-state index contributed by atoms with van der Waals surface area (Å²) in [6.45, 7) is 7.00. The summed E-state index contributed by atoms with van der Waals surface area (Å²) in [5.41, 5.74) is 0.678. The maximum atomic E-state index is 13.2. The van der Waals surface area contributed by atoms with Crippen molar-refractivity contribution < 1.29 is 14.6 Å². The molecule has 2 saturated heterocycles. The van der Waals surface area contributed by atoms with E-state index in [2.05, 4.69) is 4.90 Å². The molecule has 2 fully saturated rings. The Balaban J connectivity index is 1.54. The van der Waals surface area contributed by atoms with E-state index in [9.17, 15) is 9.90 Å². The molecule has 0 radical (unpaired) electrons. The molecule has 1 amide bonds. The van der Waals surface area contributed by atoms with Crippen LogP contribution in [0.4, 0.5) is 0 Å². The minimum atomic E-state index is -0.933. The van der Waals surface area contributed by atoms with Crippen LogP contribution >= 0.6 is 0 Å². The summed E-state index contributed by atoms with van der Waals surface area (Å²) in [7, 11) is 0. The molecule has 5 nitrogen and oxygen atoms in total. The number of rotatable bonds is 5. The van der Waals surface area contributed by atoms with Crippen molar-refractivity contribution >= 4 is 5.91 Å². The quantitative estimate of drug-likeness (QED) is 0.820. The Labute approximate surface area is 179 Å². The zero-order valence-corrected chi connectivity index (χ0v) is 18.0. The molecule has 5 heteroatoms. The number of piperidine rings is 1. The minimum absolute atomic E-state index is 0.0189. The van der Waals surface area contributed by atoms with E-state index >= 15 is 0 Å². The van der Waals surface area contributed by atoms with Crippen molar-refractivity contribution in [2.24, 2.45) is 0 Å². The molecule has 2 aliphatic rings. The highest BCUT2D eigenvalue weighted by molar-refractivity contribution is 5.94. The smallest absolute Gasteiger partial charge is 0.253 e. The van der Waals surface area contributed by atoms with Crippen LogP contribution in [0.5, 0.6) is 5.75 Å². The number of hydrogen-bond donors (Lipinski definition) is 1. The Hall–Kier alpha value is -2.37. The third kappa shape index (κ3) is 4.23. The summed E-state index contributed by atoms with van der Waals surface area (Å²) in [6, 6.07) is 17.2. The number of carbonyl (C=O) groups excluding carboxylic acids is 1. The predicted octanol–water partition coefficient (Wildman–Crippen LogP) is 3.67. The molecule has 0 unspecified atom stereocenters. The number of benzene rings is 2. The van der Waals surface area contributed by atoms with Crippen LogP contribution in [0.2, 0.25) is 0 Å². The normalized spacial score (nSPS) is 24.9. The lowest BCUT2D eigenvalue weighted by atomic mass is 9.79. The highest BCUT2D eigenvalue weighted by Gasteiger charge is 2.47. The number of ether oxygens (including phenoxy) is 1. The lowest BCUT2D eigenvalue weighted by Crippen LogP contribution is -2.61. The van der Waals surface area contributed by atoms with Gasteiger partial charge in [-0.1, -0.05) is 30.3 Å². The second kappa shape index (κ2) is 8.78. The topological polar surface area (TPSA) is 53.0 Å². The molecule has 0 aliphatic carbocycles. The fourth-order valence-electron chi connectivity index (χ4n) is 4.77.